The molecule has 0 unspecified atom stereocenters. The molecule has 2 rings (SSSR count). The van der Waals surface area contributed by atoms with E-state index in [9.17, 15) is 0 Å². The van der Waals surface area contributed by atoms with Gasteiger partial charge in [0, 0.05) is 24.5 Å². The van der Waals surface area contributed by atoms with E-state index in [1.54, 1.807) is 12.4 Å². The second-order valence-corrected chi connectivity index (χ2v) is 4.73. The van der Waals surface area contributed by atoms with Crippen LogP contribution in [0.25, 0.3) is 11.4 Å². The molecule has 21 heavy (non-hydrogen) atoms. The van der Waals surface area contributed by atoms with Crippen molar-refractivity contribution in [2.45, 2.75) is 33.6 Å². The predicted molar refractivity (Wildman–Crippen MR) is 82.4 cm³/mol. The maximum Gasteiger partial charge on any atom is 0.321 e. The van der Waals surface area contributed by atoms with Gasteiger partial charge in [-0.1, -0.05) is 13.8 Å². The maximum absolute atomic E-state index is 5.56. The fourth-order valence-electron chi connectivity index (χ4n) is 1.75. The number of aryl methyl sites for hydroxylation is 1. The summed E-state index contributed by atoms with van der Waals surface area (Å²) in [5.74, 6) is 1.12. The van der Waals surface area contributed by atoms with Crippen molar-refractivity contribution in [2.75, 3.05) is 18.5 Å². The number of ether oxygens (including phenoxy) is 1. The highest BCUT2D eigenvalue weighted by molar-refractivity contribution is 5.59. The average molecular weight is 287 g/mol. The number of pyridine rings is 1. The summed E-state index contributed by atoms with van der Waals surface area (Å²) < 4.78 is 5.56. The van der Waals surface area contributed by atoms with Crippen molar-refractivity contribution in [3.05, 3.63) is 24.0 Å². The van der Waals surface area contributed by atoms with Gasteiger partial charge in [-0.2, -0.15) is 15.0 Å². The fraction of sp³-hybridized carbons (Fsp3) is 0.467. The first-order valence-corrected chi connectivity index (χ1v) is 7.28. The number of nitrogens with zero attached hydrogens (tertiary/aromatic N) is 4. The third kappa shape index (κ3) is 4.11. The molecule has 6 heteroatoms. The minimum absolute atomic E-state index is 0.351. The molecule has 0 saturated carbocycles. The van der Waals surface area contributed by atoms with Crippen LogP contribution in [-0.2, 0) is 0 Å². The van der Waals surface area contributed by atoms with Crippen molar-refractivity contribution in [3.63, 3.8) is 0 Å². The van der Waals surface area contributed by atoms with Crippen LogP contribution < -0.4 is 10.1 Å². The molecular weight excluding hydrogens is 266 g/mol. The zero-order valence-corrected chi connectivity index (χ0v) is 12.8. The van der Waals surface area contributed by atoms with E-state index in [4.69, 9.17) is 4.74 Å². The Balaban J connectivity index is 2.36. The van der Waals surface area contributed by atoms with E-state index in [0.717, 1.165) is 30.5 Å². The molecule has 1 N–H and O–H groups in total. The monoisotopic (exact) mass is 287 g/mol. The van der Waals surface area contributed by atoms with Gasteiger partial charge in [0.2, 0.25) is 5.95 Å². The Morgan fingerprint density at radius 2 is 2.00 bits per heavy atom. The van der Waals surface area contributed by atoms with Gasteiger partial charge in [0.25, 0.3) is 0 Å². The van der Waals surface area contributed by atoms with Gasteiger partial charge >= 0.3 is 6.01 Å². The molecule has 2 aromatic heterocycles. The lowest BCUT2D eigenvalue weighted by Gasteiger charge is -2.10. The van der Waals surface area contributed by atoms with Crippen molar-refractivity contribution in [2.24, 2.45) is 0 Å². The molecule has 0 aromatic carbocycles. The first-order chi connectivity index (χ1) is 10.2. The first-order valence-electron chi connectivity index (χ1n) is 7.28. The Bertz CT molecular complexity index is 562. The van der Waals surface area contributed by atoms with Gasteiger partial charge in [0.05, 0.1) is 6.61 Å². The number of aromatic nitrogens is 4. The number of rotatable bonds is 7. The largest absolute Gasteiger partial charge is 0.463 e. The molecule has 0 radical (unpaired) electrons. The Labute approximate surface area is 125 Å². The smallest absolute Gasteiger partial charge is 0.321 e. The molecular formula is C15H21N5O. The van der Waals surface area contributed by atoms with E-state index in [-0.39, 0.29) is 0 Å². The van der Waals surface area contributed by atoms with Gasteiger partial charge in [-0.15, -0.1) is 0 Å². The Morgan fingerprint density at radius 1 is 1.14 bits per heavy atom. The van der Waals surface area contributed by atoms with Crippen LogP contribution >= 0.6 is 0 Å². The molecule has 0 spiro atoms. The van der Waals surface area contributed by atoms with Crippen molar-refractivity contribution in [1.29, 1.82) is 0 Å². The van der Waals surface area contributed by atoms with E-state index < -0.39 is 0 Å². The lowest BCUT2D eigenvalue weighted by atomic mass is 10.1. The molecule has 6 nitrogen and oxygen atoms in total. The van der Waals surface area contributed by atoms with E-state index in [1.165, 1.54) is 0 Å². The van der Waals surface area contributed by atoms with Crippen LogP contribution in [0.1, 0.15) is 32.3 Å². The Kier molecular flexibility index (Phi) is 5.43. The van der Waals surface area contributed by atoms with E-state index >= 15 is 0 Å². The lowest BCUT2D eigenvalue weighted by Crippen LogP contribution is -2.09. The normalized spacial score (nSPS) is 10.4. The molecule has 0 saturated heterocycles. The summed E-state index contributed by atoms with van der Waals surface area (Å²) in [7, 11) is 0. The highest BCUT2D eigenvalue weighted by atomic mass is 16.5. The lowest BCUT2D eigenvalue weighted by molar-refractivity contribution is 0.292. The topological polar surface area (TPSA) is 72.8 Å². The summed E-state index contributed by atoms with van der Waals surface area (Å²) in [6.45, 7) is 7.54. The van der Waals surface area contributed by atoms with E-state index in [0.29, 0.717) is 24.4 Å². The molecule has 112 valence electrons. The number of hydrogen-bond donors (Lipinski definition) is 1. The van der Waals surface area contributed by atoms with Crippen LogP contribution in [0.15, 0.2) is 18.5 Å². The molecule has 2 heterocycles. The van der Waals surface area contributed by atoms with Gasteiger partial charge in [-0.25, -0.2) is 0 Å². The summed E-state index contributed by atoms with van der Waals surface area (Å²) in [6.07, 6.45) is 5.42. The van der Waals surface area contributed by atoms with Gasteiger partial charge in [0.15, 0.2) is 5.82 Å². The summed E-state index contributed by atoms with van der Waals surface area (Å²) in [4.78, 5) is 17.3. The Hall–Kier alpha value is -2.24. The van der Waals surface area contributed by atoms with Crippen LogP contribution in [0.2, 0.25) is 0 Å². The summed E-state index contributed by atoms with van der Waals surface area (Å²) >= 11 is 0. The number of anilines is 1. The average Bonchev–Trinajstić information content (AvgIpc) is 2.51. The molecule has 0 fully saturated rings. The van der Waals surface area contributed by atoms with Crippen LogP contribution in [-0.4, -0.2) is 33.1 Å². The zero-order valence-electron chi connectivity index (χ0n) is 12.8. The van der Waals surface area contributed by atoms with Crippen LogP contribution in [0.3, 0.4) is 0 Å². The summed E-state index contributed by atoms with van der Waals surface area (Å²) in [5.41, 5.74) is 1.96. The predicted octanol–water partition coefficient (Wildman–Crippen LogP) is 2.85. The highest BCUT2D eigenvalue weighted by Crippen LogP contribution is 2.21. The van der Waals surface area contributed by atoms with Crippen LogP contribution in [0, 0.1) is 6.92 Å². The second-order valence-electron chi connectivity index (χ2n) is 4.73. The number of nitrogens with one attached hydrogen (secondary N) is 1. The van der Waals surface area contributed by atoms with Gasteiger partial charge in [0.1, 0.15) is 0 Å². The van der Waals surface area contributed by atoms with Crippen molar-refractivity contribution < 1.29 is 4.74 Å². The molecule has 2 aromatic rings. The molecule has 0 amide bonds. The van der Waals surface area contributed by atoms with E-state index in [1.807, 2.05) is 19.9 Å². The fourth-order valence-corrected chi connectivity index (χ4v) is 1.75. The number of hydrogen-bond acceptors (Lipinski definition) is 6. The molecule has 0 aliphatic heterocycles. The molecule has 0 bridgehead atoms. The van der Waals surface area contributed by atoms with Crippen LogP contribution in [0.5, 0.6) is 6.01 Å². The van der Waals surface area contributed by atoms with E-state index in [2.05, 4.69) is 32.2 Å². The second kappa shape index (κ2) is 7.52. The molecule has 0 aliphatic rings. The minimum Gasteiger partial charge on any atom is -0.463 e. The van der Waals surface area contributed by atoms with Crippen molar-refractivity contribution in [3.8, 4) is 17.4 Å². The van der Waals surface area contributed by atoms with Crippen molar-refractivity contribution in [1.82, 2.24) is 19.9 Å². The maximum atomic E-state index is 5.56. The summed E-state index contributed by atoms with van der Waals surface area (Å²) in [6, 6.07) is 2.29. The molecule has 0 atom stereocenters. The van der Waals surface area contributed by atoms with Crippen LogP contribution in [0.4, 0.5) is 5.95 Å². The molecule has 0 aliphatic carbocycles. The van der Waals surface area contributed by atoms with Crippen molar-refractivity contribution >= 4 is 5.95 Å². The zero-order chi connectivity index (χ0) is 15.1. The third-order valence-electron chi connectivity index (χ3n) is 2.86. The first kappa shape index (κ1) is 15.2. The third-order valence-corrected chi connectivity index (χ3v) is 2.86. The van der Waals surface area contributed by atoms with Gasteiger partial charge in [-0.05, 0) is 31.4 Å². The Morgan fingerprint density at radius 3 is 2.71 bits per heavy atom. The summed E-state index contributed by atoms with van der Waals surface area (Å²) in [5, 5.41) is 3.18. The van der Waals surface area contributed by atoms with Gasteiger partial charge in [-0.3, -0.25) is 4.98 Å². The quantitative estimate of drug-likeness (QED) is 0.844. The van der Waals surface area contributed by atoms with Gasteiger partial charge < -0.3 is 10.1 Å². The standard InChI is InChI=1S/C15H21N5O/c1-4-7-17-14-18-13(12-10-16-8-6-11(12)3)19-15(20-14)21-9-5-2/h6,8,10H,4-5,7,9H2,1-3H3,(H,17,18,19,20). The minimum atomic E-state index is 0.351. The SMILES string of the molecule is CCCNc1nc(OCCC)nc(-c2cnccc2C)n1. The highest BCUT2D eigenvalue weighted by Gasteiger charge is 2.11.